The summed E-state index contributed by atoms with van der Waals surface area (Å²) in [6.07, 6.45) is 1.64. The number of hydrazone groups is 1. The summed E-state index contributed by atoms with van der Waals surface area (Å²) in [6.45, 7) is 2.03. The minimum atomic E-state index is -0.265. The number of amides is 1. The summed E-state index contributed by atoms with van der Waals surface area (Å²) in [6, 6.07) is 27.2. The van der Waals surface area contributed by atoms with Gasteiger partial charge in [0.05, 0.1) is 23.0 Å². The zero-order chi connectivity index (χ0) is 19.3. The number of carbonyl (C=O) groups is 1. The molecule has 0 aliphatic heterocycles. The van der Waals surface area contributed by atoms with Crippen molar-refractivity contribution in [3.8, 4) is 11.3 Å². The van der Waals surface area contributed by atoms with Crippen LogP contribution in [-0.2, 0) is 0 Å². The van der Waals surface area contributed by atoms with Crippen LogP contribution in [0.1, 0.15) is 21.5 Å². The topological polar surface area (TPSA) is 54.4 Å². The predicted octanol–water partition coefficient (Wildman–Crippen LogP) is 4.97. The molecule has 28 heavy (non-hydrogen) atoms. The number of hydrogen-bond acceptors (Lipinski definition) is 3. The van der Waals surface area contributed by atoms with Crippen LogP contribution in [0.25, 0.3) is 22.2 Å². The average molecular weight is 365 g/mol. The number of nitrogens with zero attached hydrogens (tertiary/aromatic N) is 2. The number of fused-ring (bicyclic) bond motifs is 1. The monoisotopic (exact) mass is 365 g/mol. The first-order chi connectivity index (χ1) is 13.7. The van der Waals surface area contributed by atoms with Gasteiger partial charge in [0.15, 0.2) is 0 Å². The van der Waals surface area contributed by atoms with Gasteiger partial charge in [0, 0.05) is 10.9 Å². The third-order valence-electron chi connectivity index (χ3n) is 4.49. The maximum absolute atomic E-state index is 12.8. The van der Waals surface area contributed by atoms with Gasteiger partial charge in [-0.2, -0.15) is 5.10 Å². The molecule has 0 aliphatic rings. The van der Waals surface area contributed by atoms with Gasteiger partial charge >= 0.3 is 0 Å². The molecule has 4 rings (SSSR count). The van der Waals surface area contributed by atoms with Crippen molar-refractivity contribution in [1.82, 2.24) is 10.4 Å². The van der Waals surface area contributed by atoms with E-state index in [1.165, 1.54) is 5.56 Å². The highest BCUT2D eigenvalue weighted by Gasteiger charge is 2.13. The van der Waals surface area contributed by atoms with Gasteiger partial charge in [-0.25, -0.2) is 10.4 Å². The number of benzene rings is 3. The summed E-state index contributed by atoms with van der Waals surface area (Å²) in [4.78, 5) is 17.5. The number of pyridine rings is 1. The Labute approximate surface area is 163 Å². The van der Waals surface area contributed by atoms with Crippen molar-refractivity contribution in [2.24, 2.45) is 5.10 Å². The van der Waals surface area contributed by atoms with E-state index in [9.17, 15) is 4.79 Å². The maximum Gasteiger partial charge on any atom is 0.272 e. The fourth-order valence-corrected chi connectivity index (χ4v) is 3.00. The average Bonchev–Trinajstić information content (AvgIpc) is 2.75. The van der Waals surface area contributed by atoms with Crippen LogP contribution < -0.4 is 5.43 Å². The lowest BCUT2D eigenvalue weighted by Crippen LogP contribution is -2.18. The Bertz CT molecular complexity index is 1150. The van der Waals surface area contributed by atoms with Gasteiger partial charge in [0.2, 0.25) is 0 Å². The second-order valence-electron chi connectivity index (χ2n) is 6.55. The molecular weight excluding hydrogens is 346 g/mol. The quantitative estimate of drug-likeness (QED) is 0.410. The number of hydrogen-bond donors (Lipinski definition) is 1. The Morgan fingerprint density at radius 1 is 0.929 bits per heavy atom. The Morgan fingerprint density at radius 3 is 2.43 bits per heavy atom. The Kier molecular flexibility index (Phi) is 4.93. The summed E-state index contributed by atoms with van der Waals surface area (Å²) >= 11 is 0. The minimum Gasteiger partial charge on any atom is -0.267 e. The van der Waals surface area contributed by atoms with Gasteiger partial charge in [0.25, 0.3) is 5.91 Å². The van der Waals surface area contributed by atoms with E-state index in [0.717, 1.165) is 27.7 Å². The molecule has 1 heterocycles. The van der Waals surface area contributed by atoms with Crippen LogP contribution in [0.5, 0.6) is 0 Å². The van der Waals surface area contributed by atoms with Crippen molar-refractivity contribution in [3.63, 3.8) is 0 Å². The molecule has 0 saturated heterocycles. The van der Waals surface area contributed by atoms with Crippen LogP contribution in [0, 0.1) is 6.92 Å². The molecule has 0 atom stereocenters. The van der Waals surface area contributed by atoms with Crippen LogP contribution in [0.15, 0.2) is 90.0 Å². The summed E-state index contributed by atoms with van der Waals surface area (Å²) in [7, 11) is 0. The predicted molar refractivity (Wildman–Crippen MR) is 113 cm³/mol. The Morgan fingerprint density at radius 2 is 1.64 bits per heavy atom. The van der Waals surface area contributed by atoms with Gasteiger partial charge in [0.1, 0.15) is 0 Å². The smallest absolute Gasteiger partial charge is 0.267 e. The highest BCUT2D eigenvalue weighted by atomic mass is 16.2. The third-order valence-corrected chi connectivity index (χ3v) is 4.49. The van der Waals surface area contributed by atoms with Gasteiger partial charge in [-0.05, 0) is 24.6 Å². The molecule has 0 aliphatic carbocycles. The fourth-order valence-electron chi connectivity index (χ4n) is 3.00. The van der Waals surface area contributed by atoms with E-state index in [-0.39, 0.29) is 5.91 Å². The van der Waals surface area contributed by atoms with Crippen molar-refractivity contribution >= 4 is 23.0 Å². The van der Waals surface area contributed by atoms with Crippen molar-refractivity contribution < 1.29 is 4.79 Å². The van der Waals surface area contributed by atoms with E-state index in [2.05, 4.69) is 10.5 Å². The van der Waals surface area contributed by atoms with E-state index >= 15 is 0 Å². The van der Waals surface area contributed by atoms with Gasteiger partial charge in [-0.3, -0.25) is 4.79 Å². The standard InChI is InChI=1S/C24H19N3O/c1-17-11-13-18(14-12-17)16-25-27-24(28)21-15-23(19-7-3-2-4-8-19)26-22-10-6-5-9-20(21)22/h2-16H,1H3,(H,27,28)/b25-16-. The van der Waals surface area contributed by atoms with E-state index < -0.39 is 0 Å². The van der Waals surface area contributed by atoms with E-state index in [1.807, 2.05) is 91.9 Å². The van der Waals surface area contributed by atoms with Gasteiger partial charge < -0.3 is 0 Å². The summed E-state index contributed by atoms with van der Waals surface area (Å²) in [5.41, 5.74) is 7.78. The van der Waals surface area contributed by atoms with Crippen molar-refractivity contribution in [2.45, 2.75) is 6.92 Å². The molecule has 0 fully saturated rings. The zero-order valence-corrected chi connectivity index (χ0v) is 15.5. The number of aryl methyl sites for hydroxylation is 1. The lowest BCUT2D eigenvalue weighted by Gasteiger charge is -2.09. The van der Waals surface area contributed by atoms with E-state index in [4.69, 9.17) is 4.98 Å². The molecule has 4 aromatic rings. The number of nitrogens with one attached hydrogen (secondary N) is 1. The van der Waals surface area contributed by atoms with Crippen LogP contribution in [0.3, 0.4) is 0 Å². The van der Waals surface area contributed by atoms with Crippen LogP contribution in [-0.4, -0.2) is 17.1 Å². The lowest BCUT2D eigenvalue weighted by atomic mass is 10.0. The summed E-state index contributed by atoms with van der Waals surface area (Å²) in [5.74, 6) is -0.265. The number of aromatic nitrogens is 1. The molecule has 1 aromatic heterocycles. The largest absolute Gasteiger partial charge is 0.272 e. The summed E-state index contributed by atoms with van der Waals surface area (Å²) < 4.78 is 0. The molecular formula is C24H19N3O. The number of para-hydroxylation sites is 1. The van der Waals surface area contributed by atoms with Crippen molar-refractivity contribution in [2.75, 3.05) is 0 Å². The maximum atomic E-state index is 12.8. The molecule has 0 radical (unpaired) electrons. The molecule has 0 unspecified atom stereocenters. The zero-order valence-electron chi connectivity index (χ0n) is 15.5. The highest BCUT2D eigenvalue weighted by Crippen LogP contribution is 2.24. The second-order valence-corrected chi connectivity index (χ2v) is 6.55. The summed E-state index contributed by atoms with van der Waals surface area (Å²) in [5, 5.41) is 4.91. The lowest BCUT2D eigenvalue weighted by molar-refractivity contribution is 0.0956. The first kappa shape index (κ1) is 17.6. The SMILES string of the molecule is Cc1ccc(/C=N\NC(=O)c2cc(-c3ccccc3)nc3ccccc23)cc1. The molecule has 4 nitrogen and oxygen atoms in total. The fraction of sp³-hybridized carbons (Fsp3) is 0.0417. The molecule has 0 bridgehead atoms. The Balaban J connectivity index is 1.66. The Hall–Kier alpha value is -3.79. The molecule has 1 N–H and O–H groups in total. The van der Waals surface area contributed by atoms with Gasteiger partial charge in [-0.1, -0.05) is 78.4 Å². The number of rotatable bonds is 4. The highest BCUT2D eigenvalue weighted by molar-refractivity contribution is 6.07. The molecule has 0 spiro atoms. The molecule has 1 amide bonds. The van der Waals surface area contributed by atoms with Crippen molar-refractivity contribution in [3.05, 3.63) is 102 Å². The van der Waals surface area contributed by atoms with E-state index in [0.29, 0.717) is 5.56 Å². The van der Waals surface area contributed by atoms with Crippen LogP contribution >= 0.6 is 0 Å². The molecule has 136 valence electrons. The van der Waals surface area contributed by atoms with Crippen LogP contribution in [0.2, 0.25) is 0 Å². The third kappa shape index (κ3) is 3.81. The first-order valence-electron chi connectivity index (χ1n) is 9.06. The molecule has 4 heteroatoms. The van der Waals surface area contributed by atoms with E-state index in [1.54, 1.807) is 6.21 Å². The number of carbonyl (C=O) groups excluding carboxylic acids is 1. The normalized spacial score (nSPS) is 11.0. The van der Waals surface area contributed by atoms with Crippen LogP contribution in [0.4, 0.5) is 0 Å². The molecule has 3 aromatic carbocycles. The minimum absolute atomic E-state index is 0.265. The second kappa shape index (κ2) is 7.84. The van der Waals surface area contributed by atoms with Crippen molar-refractivity contribution in [1.29, 1.82) is 0 Å². The first-order valence-corrected chi connectivity index (χ1v) is 9.06. The van der Waals surface area contributed by atoms with Gasteiger partial charge in [-0.15, -0.1) is 0 Å². The molecule has 0 saturated carbocycles.